The molecule has 0 atom stereocenters. The van der Waals surface area contributed by atoms with E-state index in [1.54, 1.807) is 31.2 Å². The SMILES string of the molecule is CCS(=O)(=O)c1cnc(CNC(=O)Oc2ccccc2)nc1. The van der Waals surface area contributed by atoms with Crippen LogP contribution in [0.5, 0.6) is 5.75 Å². The van der Waals surface area contributed by atoms with Gasteiger partial charge in [-0.25, -0.2) is 23.2 Å². The van der Waals surface area contributed by atoms with Crippen molar-refractivity contribution in [2.24, 2.45) is 0 Å². The largest absolute Gasteiger partial charge is 0.412 e. The van der Waals surface area contributed by atoms with Gasteiger partial charge in [0.2, 0.25) is 0 Å². The molecule has 0 aliphatic heterocycles. The van der Waals surface area contributed by atoms with Crippen LogP contribution in [0, 0.1) is 0 Å². The molecule has 0 saturated heterocycles. The number of ether oxygens (including phenoxy) is 1. The molecule has 1 aromatic carbocycles. The fraction of sp³-hybridized carbons (Fsp3) is 0.214. The molecule has 0 saturated carbocycles. The van der Waals surface area contributed by atoms with Crippen molar-refractivity contribution >= 4 is 15.9 Å². The molecule has 0 fully saturated rings. The van der Waals surface area contributed by atoms with Gasteiger partial charge in [-0.2, -0.15) is 0 Å². The van der Waals surface area contributed by atoms with E-state index in [9.17, 15) is 13.2 Å². The molecular formula is C14H15N3O4S. The van der Waals surface area contributed by atoms with Crippen LogP contribution in [0.1, 0.15) is 12.7 Å². The van der Waals surface area contributed by atoms with Crippen LogP contribution in [-0.2, 0) is 16.4 Å². The maximum Gasteiger partial charge on any atom is 0.412 e. The predicted octanol–water partition coefficient (Wildman–Crippen LogP) is 1.56. The molecule has 1 N–H and O–H groups in total. The molecular weight excluding hydrogens is 306 g/mol. The second kappa shape index (κ2) is 6.99. The van der Waals surface area contributed by atoms with Crippen LogP contribution in [0.15, 0.2) is 47.6 Å². The Morgan fingerprint density at radius 1 is 1.18 bits per heavy atom. The van der Waals surface area contributed by atoms with Gasteiger partial charge in [0.15, 0.2) is 9.84 Å². The average molecular weight is 321 g/mol. The van der Waals surface area contributed by atoms with E-state index in [0.717, 1.165) is 0 Å². The molecule has 1 amide bonds. The van der Waals surface area contributed by atoms with E-state index in [1.807, 2.05) is 6.07 Å². The highest BCUT2D eigenvalue weighted by molar-refractivity contribution is 7.91. The lowest BCUT2D eigenvalue weighted by molar-refractivity contribution is 0.199. The fourth-order valence-electron chi connectivity index (χ4n) is 1.54. The van der Waals surface area contributed by atoms with E-state index in [1.165, 1.54) is 12.4 Å². The molecule has 2 rings (SSSR count). The van der Waals surface area contributed by atoms with Gasteiger partial charge in [-0.15, -0.1) is 0 Å². The van der Waals surface area contributed by atoms with Crippen LogP contribution >= 0.6 is 0 Å². The van der Waals surface area contributed by atoms with Crippen LogP contribution in [0.3, 0.4) is 0 Å². The average Bonchev–Trinajstić information content (AvgIpc) is 2.54. The van der Waals surface area contributed by atoms with Gasteiger partial charge in [-0.1, -0.05) is 25.1 Å². The first kappa shape index (κ1) is 15.9. The summed E-state index contributed by atoms with van der Waals surface area (Å²) in [6.45, 7) is 1.59. The second-order valence-corrected chi connectivity index (χ2v) is 6.57. The van der Waals surface area contributed by atoms with Crippen LogP contribution in [0.4, 0.5) is 4.79 Å². The number of hydrogen-bond acceptors (Lipinski definition) is 6. The summed E-state index contributed by atoms with van der Waals surface area (Å²) in [6, 6.07) is 8.61. The minimum absolute atomic E-state index is 0.0165. The Kier molecular flexibility index (Phi) is 5.05. The highest BCUT2D eigenvalue weighted by atomic mass is 32.2. The smallest absolute Gasteiger partial charge is 0.410 e. The number of rotatable bonds is 5. The summed E-state index contributed by atoms with van der Waals surface area (Å²) >= 11 is 0. The lowest BCUT2D eigenvalue weighted by atomic mass is 10.3. The van der Waals surface area contributed by atoms with Crippen LogP contribution in [0.2, 0.25) is 0 Å². The Labute approximate surface area is 128 Å². The number of para-hydroxylation sites is 1. The first-order valence-electron chi connectivity index (χ1n) is 6.55. The van der Waals surface area contributed by atoms with Crippen LogP contribution in [0.25, 0.3) is 0 Å². The second-order valence-electron chi connectivity index (χ2n) is 4.29. The number of carbonyl (C=O) groups is 1. The van der Waals surface area contributed by atoms with E-state index in [2.05, 4.69) is 15.3 Å². The Bertz CT molecular complexity index is 730. The third-order valence-corrected chi connectivity index (χ3v) is 4.45. The first-order valence-corrected chi connectivity index (χ1v) is 8.21. The normalized spacial score (nSPS) is 11.0. The maximum atomic E-state index is 11.6. The van der Waals surface area contributed by atoms with Crippen molar-refractivity contribution in [3.05, 3.63) is 48.5 Å². The van der Waals surface area contributed by atoms with Gasteiger partial charge in [0.05, 0.1) is 12.3 Å². The lowest BCUT2D eigenvalue weighted by Crippen LogP contribution is -2.27. The van der Waals surface area contributed by atoms with E-state index >= 15 is 0 Å². The molecule has 7 nitrogen and oxygen atoms in total. The summed E-state index contributed by atoms with van der Waals surface area (Å²) < 4.78 is 28.3. The zero-order valence-electron chi connectivity index (χ0n) is 11.9. The molecule has 0 aliphatic rings. The molecule has 2 aromatic rings. The van der Waals surface area contributed by atoms with Gasteiger partial charge in [-0.05, 0) is 12.1 Å². The third-order valence-electron chi connectivity index (χ3n) is 2.77. The summed E-state index contributed by atoms with van der Waals surface area (Å²) in [5.74, 6) is 0.697. The number of nitrogens with one attached hydrogen (secondary N) is 1. The fourth-order valence-corrected chi connectivity index (χ4v) is 2.30. The summed E-state index contributed by atoms with van der Waals surface area (Å²) in [5, 5.41) is 2.48. The van der Waals surface area contributed by atoms with Gasteiger partial charge in [0.1, 0.15) is 16.5 Å². The van der Waals surface area contributed by atoms with Crippen LogP contribution in [-0.4, -0.2) is 30.2 Å². The standard InChI is InChI=1S/C14H15N3O4S/c1-2-22(19,20)12-8-15-13(16-9-12)10-17-14(18)21-11-6-4-3-5-7-11/h3-9H,2,10H2,1H3,(H,17,18). The number of nitrogens with zero attached hydrogens (tertiary/aromatic N) is 2. The first-order chi connectivity index (χ1) is 10.5. The summed E-state index contributed by atoms with van der Waals surface area (Å²) in [4.78, 5) is 19.5. The van der Waals surface area contributed by atoms with Crippen molar-refractivity contribution in [3.8, 4) is 5.75 Å². The summed E-state index contributed by atoms with van der Waals surface area (Å²) in [6.07, 6.45) is 1.82. The zero-order valence-corrected chi connectivity index (χ0v) is 12.7. The van der Waals surface area contributed by atoms with Gasteiger partial charge >= 0.3 is 6.09 Å². The summed E-state index contributed by atoms with van der Waals surface area (Å²) in [7, 11) is -3.32. The predicted molar refractivity (Wildman–Crippen MR) is 79.1 cm³/mol. The van der Waals surface area contributed by atoms with Gasteiger partial charge in [0, 0.05) is 12.4 Å². The molecule has 1 aromatic heterocycles. The molecule has 0 radical (unpaired) electrons. The minimum atomic E-state index is -3.32. The van der Waals surface area contributed by atoms with E-state index in [-0.39, 0.29) is 17.2 Å². The molecule has 0 unspecified atom stereocenters. The molecule has 0 bridgehead atoms. The molecule has 116 valence electrons. The Balaban J connectivity index is 1.91. The van der Waals surface area contributed by atoms with E-state index < -0.39 is 15.9 Å². The Morgan fingerprint density at radius 2 is 1.82 bits per heavy atom. The molecule has 1 heterocycles. The van der Waals surface area contributed by atoms with Crippen LogP contribution < -0.4 is 10.1 Å². The van der Waals surface area contributed by atoms with Crippen molar-refractivity contribution in [3.63, 3.8) is 0 Å². The van der Waals surface area contributed by atoms with Gasteiger partial charge in [0.25, 0.3) is 0 Å². The van der Waals surface area contributed by atoms with Gasteiger partial charge < -0.3 is 10.1 Å². The minimum Gasteiger partial charge on any atom is -0.410 e. The monoisotopic (exact) mass is 321 g/mol. The van der Waals surface area contributed by atoms with E-state index in [0.29, 0.717) is 11.6 Å². The topological polar surface area (TPSA) is 98.2 Å². The quantitative estimate of drug-likeness (QED) is 0.897. The number of sulfone groups is 1. The number of aromatic nitrogens is 2. The summed E-state index contributed by atoms with van der Waals surface area (Å²) in [5.41, 5.74) is 0. The molecule has 22 heavy (non-hydrogen) atoms. The highest BCUT2D eigenvalue weighted by Gasteiger charge is 2.13. The zero-order chi connectivity index (χ0) is 16.0. The Morgan fingerprint density at radius 3 is 2.41 bits per heavy atom. The third kappa shape index (κ3) is 4.26. The lowest BCUT2D eigenvalue weighted by Gasteiger charge is -2.06. The van der Waals surface area contributed by atoms with Crippen molar-refractivity contribution in [2.75, 3.05) is 5.75 Å². The molecule has 0 aliphatic carbocycles. The van der Waals surface area contributed by atoms with Crippen molar-refractivity contribution in [1.82, 2.24) is 15.3 Å². The Hall–Kier alpha value is -2.48. The molecule has 8 heteroatoms. The van der Waals surface area contributed by atoms with Crippen molar-refractivity contribution in [1.29, 1.82) is 0 Å². The number of amides is 1. The highest BCUT2D eigenvalue weighted by Crippen LogP contribution is 2.09. The molecule has 0 spiro atoms. The van der Waals surface area contributed by atoms with Crippen molar-refractivity contribution in [2.45, 2.75) is 18.4 Å². The van der Waals surface area contributed by atoms with Gasteiger partial charge in [-0.3, -0.25) is 0 Å². The maximum absolute atomic E-state index is 11.6. The van der Waals surface area contributed by atoms with E-state index in [4.69, 9.17) is 4.74 Å². The van der Waals surface area contributed by atoms with Crippen molar-refractivity contribution < 1.29 is 17.9 Å². The number of hydrogen-bond donors (Lipinski definition) is 1. The number of benzene rings is 1. The number of carbonyl (C=O) groups excluding carboxylic acids is 1.